The molecule has 1 rings (SSSR count). The number of halogens is 1. The first-order chi connectivity index (χ1) is 8.76. The van der Waals surface area contributed by atoms with Gasteiger partial charge < -0.3 is 15.2 Å². The van der Waals surface area contributed by atoms with Crippen LogP contribution in [0.1, 0.15) is 12.0 Å². The minimum absolute atomic E-state index is 0.474. The van der Waals surface area contributed by atoms with Gasteiger partial charge in [0.05, 0.1) is 13.2 Å². The number of nitrogens with two attached hydrogens (primary N) is 1. The molecule has 0 aromatic heterocycles. The highest BCUT2D eigenvalue weighted by Gasteiger charge is 2.08. The summed E-state index contributed by atoms with van der Waals surface area (Å²) in [4.78, 5) is 0. The van der Waals surface area contributed by atoms with E-state index in [2.05, 4.69) is 34.1 Å². The van der Waals surface area contributed by atoms with Crippen molar-refractivity contribution in [1.29, 1.82) is 0 Å². The SMILES string of the molecule is COCCOCCC(CN)Cc1cccc(Br)c1. The van der Waals surface area contributed by atoms with Gasteiger partial charge in [0.1, 0.15) is 0 Å². The Morgan fingerprint density at radius 2 is 2.11 bits per heavy atom. The van der Waals surface area contributed by atoms with Crippen molar-refractivity contribution in [3.63, 3.8) is 0 Å². The van der Waals surface area contributed by atoms with Gasteiger partial charge in [0.2, 0.25) is 0 Å². The highest BCUT2D eigenvalue weighted by Crippen LogP contribution is 2.16. The van der Waals surface area contributed by atoms with E-state index in [1.165, 1.54) is 5.56 Å². The zero-order chi connectivity index (χ0) is 13.2. The van der Waals surface area contributed by atoms with Gasteiger partial charge in [0.15, 0.2) is 0 Å². The number of benzene rings is 1. The van der Waals surface area contributed by atoms with Gasteiger partial charge in [-0.05, 0) is 43.0 Å². The van der Waals surface area contributed by atoms with Crippen molar-refractivity contribution >= 4 is 15.9 Å². The van der Waals surface area contributed by atoms with Gasteiger partial charge in [-0.1, -0.05) is 28.1 Å². The van der Waals surface area contributed by atoms with Gasteiger partial charge >= 0.3 is 0 Å². The van der Waals surface area contributed by atoms with Crippen molar-refractivity contribution in [2.45, 2.75) is 12.8 Å². The van der Waals surface area contributed by atoms with E-state index in [9.17, 15) is 0 Å². The molecule has 0 saturated carbocycles. The van der Waals surface area contributed by atoms with Crippen LogP contribution >= 0.6 is 15.9 Å². The van der Waals surface area contributed by atoms with Crippen LogP contribution in [0.15, 0.2) is 28.7 Å². The van der Waals surface area contributed by atoms with Gasteiger partial charge in [0, 0.05) is 18.2 Å². The lowest BCUT2D eigenvalue weighted by molar-refractivity contribution is 0.0641. The molecule has 0 amide bonds. The quantitative estimate of drug-likeness (QED) is 0.712. The van der Waals surface area contributed by atoms with Crippen molar-refractivity contribution in [1.82, 2.24) is 0 Å². The Bertz CT molecular complexity index is 333. The Labute approximate surface area is 118 Å². The number of methoxy groups -OCH3 is 1. The maximum atomic E-state index is 5.81. The van der Waals surface area contributed by atoms with Crippen LogP contribution in [0.25, 0.3) is 0 Å². The number of hydrogen-bond donors (Lipinski definition) is 1. The molecule has 1 aromatic rings. The van der Waals surface area contributed by atoms with Crippen LogP contribution in [-0.2, 0) is 15.9 Å². The van der Waals surface area contributed by atoms with Crippen LogP contribution < -0.4 is 5.73 Å². The first-order valence-electron chi connectivity index (χ1n) is 6.27. The van der Waals surface area contributed by atoms with Crippen LogP contribution in [0.4, 0.5) is 0 Å². The third kappa shape index (κ3) is 6.50. The monoisotopic (exact) mass is 315 g/mol. The Kier molecular flexibility index (Phi) is 8.25. The van der Waals surface area contributed by atoms with Crippen LogP contribution in [-0.4, -0.2) is 33.5 Å². The second-order valence-corrected chi connectivity index (χ2v) is 5.25. The highest BCUT2D eigenvalue weighted by molar-refractivity contribution is 9.10. The highest BCUT2D eigenvalue weighted by atomic mass is 79.9. The van der Waals surface area contributed by atoms with E-state index < -0.39 is 0 Å². The molecule has 1 aromatic carbocycles. The van der Waals surface area contributed by atoms with Gasteiger partial charge in [-0.2, -0.15) is 0 Å². The second-order valence-electron chi connectivity index (χ2n) is 4.33. The largest absolute Gasteiger partial charge is 0.382 e. The molecule has 0 spiro atoms. The van der Waals surface area contributed by atoms with Crippen molar-refractivity contribution in [3.05, 3.63) is 34.3 Å². The molecular formula is C14H22BrNO2. The van der Waals surface area contributed by atoms with Crippen LogP contribution in [0.2, 0.25) is 0 Å². The molecule has 0 radical (unpaired) electrons. The molecule has 0 aliphatic rings. The van der Waals surface area contributed by atoms with Crippen LogP contribution in [0.3, 0.4) is 0 Å². The summed E-state index contributed by atoms with van der Waals surface area (Å²) in [5.41, 5.74) is 7.12. The smallest absolute Gasteiger partial charge is 0.0700 e. The van der Waals surface area contributed by atoms with E-state index in [0.717, 1.165) is 23.9 Å². The fraction of sp³-hybridized carbons (Fsp3) is 0.571. The van der Waals surface area contributed by atoms with Crippen molar-refractivity contribution < 1.29 is 9.47 Å². The van der Waals surface area contributed by atoms with Gasteiger partial charge in [0.25, 0.3) is 0 Å². The standard InChI is InChI=1S/C14H22BrNO2/c1-17-7-8-18-6-5-13(11-16)9-12-3-2-4-14(15)10-12/h2-4,10,13H,5-9,11,16H2,1H3. The van der Waals surface area contributed by atoms with E-state index in [1.807, 2.05) is 6.07 Å². The molecule has 0 bridgehead atoms. The Balaban J connectivity index is 2.28. The molecule has 0 saturated heterocycles. The van der Waals surface area contributed by atoms with E-state index in [4.69, 9.17) is 15.2 Å². The Morgan fingerprint density at radius 3 is 2.78 bits per heavy atom. The molecule has 102 valence electrons. The van der Waals surface area contributed by atoms with Gasteiger partial charge in [-0.15, -0.1) is 0 Å². The van der Waals surface area contributed by atoms with Crippen LogP contribution in [0.5, 0.6) is 0 Å². The lowest BCUT2D eigenvalue weighted by atomic mass is 9.97. The fourth-order valence-electron chi connectivity index (χ4n) is 1.79. The van der Waals surface area contributed by atoms with E-state index in [0.29, 0.717) is 25.7 Å². The molecular weight excluding hydrogens is 294 g/mol. The predicted molar refractivity (Wildman–Crippen MR) is 77.7 cm³/mol. The third-order valence-corrected chi connectivity index (χ3v) is 3.34. The molecule has 1 atom stereocenters. The second kappa shape index (κ2) is 9.50. The van der Waals surface area contributed by atoms with Crippen molar-refractivity contribution in [3.8, 4) is 0 Å². The number of ether oxygens (including phenoxy) is 2. The summed E-state index contributed by atoms with van der Waals surface area (Å²) in [5, 5.41) is 0. The van der Waals surface area contributed by atoms with Crippen molar-refractivity contribution in [2.24, 2.45) is 11.7 Å². The van der Waals surface area contributed by atoms with Gasteiger partial charge in [-0.25, -0.2) is 0 Å². The summed E-state index contributed by atoms with van der Waals surface area (Å²) in [5.74, 6) is 0.474. The van der Waals surface area contributed by atoms with Crippen LogP contribution in [0, 0.1) is 5.92 Å². The number of rotatable bonds is 9. The molecule has 3 nitrogen and oxygen atoms in total. The summed E-state index contributed by atoms with van der Waals surface area (Å²) < 4.78 is 11.5. The maximum absolute atomic E-state index is 5.81. The molecule has 0 aliphatic carbocycles. The first-order valence-corrected chi connectivity index (χ1v) is 7.06. The predicted octanol–water partition coefficient (Wildman–Crippen LogP) is 2.62. The van der Waals surface area contributed by atoms with Gasteiger partial charge in [-0.3, -0.25) is 0 Å². The Hall–Kier alpha value is -0.420. The maximum Gasteiger partial charge on any atom is 0.0700 e. The zero-order valence-corrected chi connectivity index (χ0v) is 12.5. The molecule has 0 aliphatic heterocycles. The summed E-state index contributed by atoms with van der Waals surface area (Å²) in [6.07, 6.45) is 2.00. The molecule has 4 heteroatoms. The van der Waals surface area contributed by atoms with E-state index in [1.54, 1.807) is 7.11 Å². The zero-order valence-electron chi connectivity index (χ0n) is 10.9. The molecule has 2 N–H and O–H groups in total. The average molecular weight is 316 g/mol. The normalized spacial score (nSPS) is 12.6. The Morgan fingerprint density at radius 1 is 1.28 bits per heavy atom. The van der Waals surface area contributed by atoms with E-state index >= 15 is 0 Å². The topological polar surface area (TPSA) is 44.5 Å². The summed E-state index contributed by atoms with van der Waals surface area (Å²) in [6, 6.07) is 8.38. The molecule has 1 unspecified atom stereocenters. The van der Waals surface area contributed by atoms with E-state index in [-0.39, 0.29) is 0 Å². The number of hydrogen-bond acceptors (Lipinski definition) is 3. The summed E-state index contributed by atoms with van der Waals surface area (Å²) in [6.45, 7) is 2.75. The minimum atomic E-state index is 0.474. The average Bonchev–Trinajstić information content (AvgIpc) is 2.37. The first kappa shape index (κ1) is 15.6. The minimum Gasteiger partial charge on any atom is -0.382 e. The molecule has 0 heterocycles. The lowest BCUT2D eigenvalue weighted by Gasteiger charge is -2.15. The molecule has 18 heavy (non-hydrogen) atoms. The summed E-state index contributed by atoms with van der Waals surface area (Å²) >= 11 is 3.49. The molecule has 0 fully saturated rings. The lowest BCUT2D eigenvalue weighted by Crippen LogP contribution is -2.19. The fourth-order valence-corrected chi connectivity index (χ4v) is 2.24. The van der Waals surface area contributed by atoms with Crippen molar-refractivity contribution in [2.75, 3.05) is 33.5 Å². The summed E-state index contributed by atoms with van der Waals surface area (Å²) in [7, 11) is 1.68. The third-order valence-electron chi connectivity index (χ3n) is 2.85.